The van der Waals surface area contributed by atoms with E-state index in [1.807, 2.05) is 0 Å². The van der Waals surface area contributed by atoms with Gasteiger partial charge in [0.1, 0.15) is 11.9 Å². The molecule has 0 amide bonds. The summed E-state index contributed by atoms with van der Waals surface area (Å²) < 4.78 is 1.43. The molecule has 0 atom stereocenters. The first-order chi connectivity index (χ1) is 11.5. The van der Waals surface area contributed by atoms with Crippen molar-refractivity contribution >= 4 is 5.82 Å². The van der Waals surface area contributed by atoms with Crippen LogP contribution < -0.4 is 15.5 Å². The second kappa shape index (κ2) is 6.36. The lowest BCUT2D eigenvalue weighted by atomic mass is 10.0. The molecule has 1 aromatic carbocycles. The molecule has 124 valence electrons. The zero-order valence-corrected chi connectivity index (χ0v) is 14.3. The Hall–Kier alpha value is -2.81. The monoisotopic (exact) mass is 323 g/mol. The van der Waals surface area contributed by atoms with E-state index in [-0.39, 0.29) is 11.1 Å². The van der Waals surface area contributed by atoms with Gasteiger partial charge in [-0.15, -0.1) is 0 Å². The van der Waals surface area contributed by atoms with Crippen molar-refractivity contribution in [3.05, 3.63) is 57.1 Å². The highest BCUT2D eigenvalue weighted by Gasteiger charge is 2.22. The summed E-state index contributed by atoms with van der Waals surface area (Å²) in [5, 5.41) is 11.2. The molecule has 0 aliphatic carbocycles. The van der Waals surface area contributed by atoms with Crippen molar-refractivity contribution in [2.24, 2.45) is 0 Å². The Morgan fingerprint density at radius 1 is 1.17 bits per heavy atom. The molecule has 24 heavy (non-hydrogen) atoms. The van der Waals surface area contributed by atoms with Gasteiger partial charge in [-0.1, -0.05) is 24.3 Å². The normalized spacial score (nSPS) is 13.8. The number of hydrogen-bond donors (Lipinski definition) is 0. The van der Waals surface area contributed by atoms with Crippen LogP contribution in [0.15, 0.2) is 29.1 Å². The van der Waals surface area contributed by atoms with Crippen LogP contribution in [0.25, 0.3) is 0 Å². The highest BCUT2D eigenvalue weighted by Crippen LogP contribution is 2.21. The lowest BCUT2D eigenvalue weighted by Crippen LogP contribution is -2.41. The Kier molecular flexibility index (Phi) is 4.26. The molecule has 2 aromatic rings. The summed E-state index contributed by atoms with van der Waals surface area (Å²) in [4.78, 5) is 19.3. The van der Waals surface area contributed by atoms with Gasteiger partial charge in [0.05, 0.1) is 0 Å². The molecule has 0 spiro atoms. The van der Waals surface area contributed by atoms with Crippen molar-refractivity contribution in [2.45, 2.75) is 19.8 Å². The van der Waals surface area contributed by atoms with Crippen molar-refractivity contribution in [2.75, 3.05) is 37.1 Å². The highest BCUT2D eigenvalue weighted by molar-refractivity contribution is 5.54. The third-order valence-electron chi connectivity index (χ3n) is 4.44. The molecule has 0 fully saturated rings. The fourth-order valence-corrected chi connectivity index (χ4v) is 3.28. The van der Waals surface area contributed by atoms with E-state index in [2.05, 4.69) is 40.2 Å². The average Bonchev–Trinajstić information content (AvgIpc) is 2.76. The van der Waals surface area contributed by atoms with Gasteiger partial charge >= 0.3 is 0 Å². The molecule has 0 bridgehead atoms. The summed E-state index contributed by atoms with van der Waals surface area (Å²) in [6, 6.07) is 10.5. The Morgan fingerprint density at radius 2 is 1.75 bits per heavy atom. The van der Waals surface area contributed by atoms with Crippen molar-refractivity contribution in [1.82, 2.24) is 9.66 Å². The second-order valence-corrected chi connectivity index (χ2v) is 6.19. The lowest BCUT2D eigenvalue weighted by molar-refractivity contribution is 0.645. The molecule has 2 heterocycles. The standard InChI is InChI=1S/C18H21N5O/c1-13-20-17(16(12-19)18(24)23(13)21(2)3)22-10-8-14-6-4-5-7-15(14)9-11-22/h4-7H,8-11H2,1-3H3. The third-order valence-corrected chi connectivity index (χ3v) is 4.44. The number of nitriles is 1. The number of fused-ring (bicyclic) bond motifs is 1. The zero-order valence-electron chi connectivity index (χ0n) is 14.3. The van der Waals surface area contributed by atoms with Crippen LogP contribution in [0.2, 0.25) is 0 Å². The first-order valence-electron chi connectivity index (χ1n) is 8.06. The summed E-state index contributed by atoms with van der Waals surface area (Å²) in [5.74, 6) is 1.09. The van der Waals surface area contributed by atoms with E-state index >= 15 is 0 Å². The van der Waals surface area contributed by atoms with Crippen LogP contribution in [-0.2, 0) is 12.8 Å². The van der Waals surface area contributed by atoms with Crippen LogP contribution >= 0.6 is 0 Å². The van der Waals surface area contributed by atoms with Crippen molar-refractivity contribution < 1.29 is 0 Å². The summed E-state index contributed by atoms with van der Waals surface area (Å²) in [5.41, 5.74) is 2.46. The van der Waals surface area contributed by atoms with Gasteiger partial charge in [-0.05, 0) is 30.9 Å². The topological polar surface area (TPSA) is 65.2 Å². The molecule has 1 aromatic heterocycles. The van der Waals surface area contributed by atoms with Crippen LogP contribution in [0.1, 0.15) is 22.5 Å². The lowest BCUT2D eigenvalue weighted by Gasteiger charge is -2.25. The maximum absolute atomic E-state index is 12.7. The van der Waals surface area contributed by atoms with Crippen LogP contribution in [-0.4, -0.2) is 36.8 Å². The second-order valence-electron chi connectivity index (χ2n) is 6.19. The van der Waals surface area contributed by atoms with Crippen LogP contribution in [0, 0.1) is 18.3 Å². The maximum atomic E-state index is 12.7. The predicted octanol–water partition coefficient (Wildman–Crippen LogP) is 1.23. The molecule has 0 saturated carbocycles. The van der Waals surface area contributed by atoms with Gasteiger partial charge in [-0.25, -0.2) is 9.66 Å². The van der Waals surface area contributed by atoms with E-state index < -0.39 is 0 Å². The molecule has 6 nitrogen and oxygen atoms in total. The number of rotatable bonds is 2. The fourth-order valence-electron chi connectivity index (χ4n) is 3.28. The molecule has 0 saturated heterocycles. The highest BCUT2D eigenvalue weighted by atomic mass is 16.1. The van der Waals surface area contributed by atoms with Gasteiger partial charge < -0.3 is 9.91 Å². The number of benzene rings is 1. The van der Waals surface area contributed by atoms with Gasteiger partial charge in [0.15, 0.2) is 11.4 Å². The smallest absolute Gasteiger partial charge is 0.292 e. The fraction of sp³-hybridized carbons (Fsp3) is 0.389. The van der Waals surface area contributed by atoms with E-state index in [9.17, 15) is 10.1 Å². The Morgan fingerprint density at radius 3 is 2.25 bits per heavy atom. The largest absolute Gasteiger partial charge is 0.355 e. The Balaban J connectivity index is 2.02. The van der Waals surface area contributed by atoms with E-state index in [0.29, 0.717) is 11.6 Å². The Bertz CT molecular complexity index is 836. The molecule has 0 unspecified atom stereocenters. The molecule has 0 N–H and O–H groups in total. The van der Waals surface area contributed by atoms with Gasteiger partial charge in [0.2, 0.25) is 0 Å². The molecule has 1 aliphatic heterocycles. The van der Waals surface area contributed by atoms with Gasteiger partial charge in [0.25, 0.3) is 5.56 Å². The first-order valence-corrected chi connectivity index (χ1v) is 8.06. The van der Waals surface area contributed by atoms with E-state index in [4.69, 9.17) is 0 Å². The summed E-state index contributed by atoms with van der Waals surface area (Å²) in [6.45, 7) is 3.30. The minimum absolute atomic E-state index is 0.111. The summed E-state index contributed by atoms with van der Waals surface area (Å²) in [6.07, 6.45) is 1.77. The summed E-state index contributed by atoms with van der Waals surface area (Å²) >= 11 is 0. The molecular formula is C18H21N5O. The van der Waals surface area contributed by atoms with E-state index in [1.165, 1.54) is 15.8 Å². The Labute approximate surface area is 141 Å². The van der Waals surface area contributed by atoms with Crippen molar-refractivity contribution in [3.8, 4) is 6.07 Å². The van der Waals surface area contributed by atoms with Crippen molar-refractivity contribution in [1.29, 1.82) is 5.26 Å². The van der Waals surface area contributed by atoms with Crippen LogP contribution in [0.4, 0.5) is 5.82 Å². The average molecular weight is 323 g/mol. The number of nitrogens with zero attached hydrogens (tertiary/aromatic N) is 5. The molecule has 1 aliphatic rings. The number of aryl methyl sites for hydroxylation is 1. The van der Waals surface area contributed by atoms with E-state index in [0.717, 1.165) is 25.9 Å². The predicted molar refractivity (Wildman–Crippen MR) is 94.1 cm³/mol. The minimum Gasteiger partial charge on any atom is -0.355 e. The molecule has 6 heteroatoms. The first kappa shape index (κ1) is 16.1. The van der Waals surface area contributed by atoms with Gasteiger partial charge in [0, 0.05) is 27.2 Å². The third kappa shape index (κ3) is 2.73. The van der Waals surface area contributed by atoms with E-state index in [1.54, 1.807) is 26.0 Å². The number of aromatic nitrogens is 2. The molecular weight excluding hydrogens is 302 g/mol. The van der Waals surface area contributed by atoms with Crippen LogP contribution in [0.5, 0.6) is 0 Å². The molecule has 3 rings (SSSR count). The minimum atomic E-state index is -0.313. The SMILES string of the molecule is Cc1nc(N2CCc3ccccc3CC2)c(C#N)c(=O)n1N(C)C. The maximum Gasteiger partial charge on any atom is 0.292 e. The number of anilines is 1. The van der Waals surface area contributed by atoms with Crippen molar-refractivity contribution in [3.63, 3.8) is 0 Å². The zero-order chi connectivity index (χ0) is 17.3. The summed E-state index contributed by atoms with van der Waals surface area (Å²) in [7, 11) is 3.53. The quantitative estimate of drug-likeness (QED) is 0.831. The van der Waals surface area contributed by atoms with Crippen LogP contribution in [0.3, 0.4) is 0 Å². The van der Waals surface area contributed by atoms with Gasteiger partial charge in [-0.3, -0.25) is 4.79 Å². The number of hydrogen-bond acceptors (Lipinski definition) is 5. The van der Waals surface area contributed by atoms with Gasteiger partial charge in [-0.2, -0.15) is 5.26 Å². The molecule has 0 radical (unpaired) electrons.